The number of pyridine rings is 1. The number of halogens is 1. The highest BCUT2D eigenvalue weighted by Gasteiger charge is 2.41. The highest BCUT2D eigenvalue weighted by Crippen LogP contribution is 2.43. The van der Waals surface area contributed by atoms with Crippen molar-refractivity contribution < 1.29 is 0 Å². The molecule has 3 nitrogen and oxygen atoms in total. The predicted octanol–water partition coefficient (Wildman–Crippen LogP) is 5.28. The normalized spacial score (nSPS) is 19.9. The maximum absolute atomic E-state index is 6.06. The fourth-order valence-electron chi connectivity index (χ4n) is 3.14. The molecule has 6 heteroatoms. The van der Waals surface area contributed by atoms with Crippen LogP contribution in [-0.4, -0.2) is 10.1 Å². The molecule has 2 atom stereocenters. The van der Waals surface area contributed by atoms with Gasteiger partial charge in [-0.05, 0) is 67.7 Å². The number of thiophene rings is 1. The van der Waals surface area contributed by atoms with E-state index in [0.717, 1.165) is 11.4 Å². The summed E-state index contributed by atoms with van der Waals surface area (Å²) in [5.41, 5.74) is 2.01. The molecule has 3 heterocycles. The Hall–Kier alpha value is -1.95. The minimum atomic E-state index is 0.00225. The largest absolute Gasteiger partial charge is 0.351 e. The monoisotopic (exact) mass is 385 g/mol. The van der Waals surface area contributed by atoms with E-state index in [-0.39, 0.29) is 12.1 Å². The Balaban J connectivity index is 1.81. The number of hydrogen-bond donors (Lipinski definition) is 1. The summed E-state index contributed by atoms with van der Waals surface area (Å²) in [6.45, 7) is 2.12. The number of nitrogens with zero attached hydrogens (tertiary/aromatic N) is 2. The van der Waals surface area contributed by atoms with Crippen molar-refractivity contribution in [1.29, 1.82) is 0 Å². The topological polar surface area (TPSA) is 28.2 Å². The maximum atomic E-state index is 6.06. The number of benzene rings is 1. The highest BCUT2D eigenvalue weighted by atomic mass is 35.5. The van der Waals surface area contributed by atoms with Crippen molar-refractivity contribution in [2.24, 2.45) is 0 Å². The van der Waals surface area contributed by atoms with E-state index < -0.39 is 0 Å². The Kier molecular flexibility index (Phi) is 4.46. The molecule has 1 aliphatic heterocycles. The summed E-state index contributed by atoms with van der Waals surface area (Å²) in [4.78, 5) is 9.26. The molecule has 126 valence electrons. The van der Waals surface area contributed by atoms with Crippen molar-refractivity contribution in [3.8, 4) is 0 Å². The van der Waals surface area contributed by atoms with Crippen LogP contribution < -0.4 is 10.2 Å². The zero-order valence-electron chi connectivity index (χ0n) is 13.5. The number of rotatable bonds is 3. The van der Waals surface area contributed by atoms with Crippen LogP contribution in [0.15, 0.2) is 60.8 Å². The van der Waals surface area contributed by atoms with Crippen molar-refractivity contribution in [2.45, 2.75) is 19.0 Å². The number of hydrogen-bond acceptors (Lipinski definition) is 3. The highest BCUT2D eigenvalue weighted by molar-refractivity contribution is 7.80. The zero-order chi connectivity index (χ0) is 17.4. The lowest BCUT2D eigenvalue weighted by Gasteiger charge is -2.27. The van der Waals surface area contributed by atoms with Crippen LogP contribution in [0.1, 0.15) is 27.5 Å². The SMILES string of the molecule is Cc1ccc([C@H]2[C@@H](c3ccccn3)NC(=S)N2c2ccc(Cl)cc2)s1. The first-order valence-electron chi connectivity index (χ1n) is 7.96. The standard InChI is InChI=1S/C19H16ClN3S2/c1-12-5-10-16(25-12)18-17(15-4-2-3-11-21-15)22-19(24)23(18)14-8-6-13(20)7-9-14/h2-11,17-18H,1H3,(H,22,24)/t17-,18+/m1/s1. The molecule has 1 fully saturated rings. The van der Waals surface area contributed by atoms with Gasteiger partial charge in [0.25, 0.3) is 0 Å². The van der Waals surface area contributed by atoms with Crippen molar-refractivity contribution >= 4 is 46.0 Å². The van der Waals surface area contributed by atoms with Gasteiger partial charge in [0.2, 0.25) is 0 Å². The van der Waals surface area contributed by atoms with Gasteiger partial charge in [-0.25, -0.2) is 0 Å². The molecular formula is C19H16ClN3S2. The summed E-state index contributed by atoms with van der Waals surface area (Å²) in [5, 5.41) is 4.88. The minimum Gasteiger partial charge on any atom is -0.351 e. The second kappa shape index (κ2) is 6.75. The summed E-state index contributed by atoms with van der Waals surface area (Å²) in [5.74, 6) is 0. The Bertz CT molecular complexity index is 893. The molecule has 1 aromatic carbocycles. The Morgan fingerprint density at radius 3 is 2.56 bits per heavy atom. The molecule has 25 heavy (non-hydrogen) atoms. The third-order valence-corrected chi connectivity index (χ3v) is 5.89. The second-order valence-corrected chi connectivity index (χ2v) is 8.06. The van der Waals surface area contributed by atoms with Crippen LogP contribution in [0.4, 0.5) is 5.69 Å². The van der Waals surface area contributed by atoms with Gasteiger partial charge in [0, 0.05) is 26.7 Å². The maximum Gasteiger partial charge on any atom is 0.174 e. The Morgan fingerprint density at radius 1 is 1.12 bits per heavy atom. The van der Waals surface area contributed by atoms with Gasteiger partial charge < -0.3 is 10.2 Å². The molecule has 0 bridgehead atoms. The first-order valence-corrected chi connectivity index (χ1v) is 9.56. The van der Waals surface area contributed by atoms with Gasteiger partial charge in [0.15, 0.2) is 5.11 Å². The molecule has 0 amide bonds. The third-order valence-electron chi connectivity index (χ3n) is 4.26. The van der Waals surface area contributed by atoms with Crippen molar-refractivity contribution in [1.82, 2.24) is 10.3 Å². The fourth-order valence-corrected chi connectivity index (χ4v) is 4.61. The van der Waals surface area contributed by atoms with E-state index in [0.29, 0.717) is 10.1 Å². The molecule has 1 aliphatic rings. The quantitative estimate of drug-likeness (QED) is 0.620. The van der Waals surface area contributed by atoms with Gasteiger partial charge in [-0.2, -0.15) is 0 Å². The zero-order valence-corrected chi connectivity index (χ0v) is 15.9. The van der Waals surface area contributed by atoms with Crippen LogP contribution in [-0.2, 0) is 0 Å². The van der Waals surface area contributed by atoms with Gasteiger partial charge in [0.05, 0.1) is 17.8 Å². The van der Waals surface area contributed by atoms with Crippen molar-refractivity contribution in [3.05, 3.63) is 81.3 Å². The smallest absolute Gasteiger partial charge is 0.174 e. The minimum absolute atomic E-state index is 0.00225. The number of thiocarbonyl (C=S) groups is 1. The Labute approximate surface area is 161 Å². The van der Waals surface area contributed by atoms with E-state index >= 15 is 0 Å². The van der Waals surface area contributed by atoms with E-state index in [9.17, 15) is 0 Å². The molecule has 0 spiro atoms. The van der Waals surface area contributed by atoms with Crippen LogP contribution in [0.3, 0.4) is 0 Å². The number of aromatic nitrogens is 1. The molecule has 0 saturated carbocycles. The van der Waals surface area contributed by atoms with E-state index in [4.69, 9.17) is 23.8 Å². The molecule has 0 radical (unpaired) electrons. The summed E-state index contributed by atoms with van der Waals surface area (Å²) in [6, 6.07) is 18.2. The first-order chi connectivity index (χ1) is 12.1. The average Bonchev–Trinajstić information content (AvgIpc) is 3.20. The van der Waals surface area contributed by atoms with Gasteiger partial charge >= 0.3 is 0 Å². The van der Waals surface area contributed by atoms with Crippen LogP contribution >= 0.6 is 35.2 Å². The lowest BCUT2D eigenvalue weighted by atomic mass is 10.0. The van der Waals surface area contributed by atoms with Gasteiger partial charge in [0.1, 0.15) is 0 Å². The van der Waals surface area contributed by atoms with Crippen LogP contribution in [0.2, 0.25) is 5.02 Å². The molecule has 0 aliphatic carbocycles. The molecule has 0 unspecified atom stereocenters. The van der Waals surface area contributed by atoms with E-state index in [1.54, 1.807) is 11.3 Å². The number of anilines is 1. The molecule has 2 aromatic heterocycles. The first kappa shape index (κ1) is 16.5. The summed E-state index contributed by atoms with van der Waals surface area (Å²) in [7, 11) is 0. The lowest BCUT2D eigenvalue weighted by Crippen LogP contribution is -2.28. The number of nitrogens with one attached hydrogen (secondary N) is 1. The lowest BCUT2D eigenvalue weighted by molar-refractivity contribution is 0.575. The van der Waals surface area contributed by atoms with E-state index in [1.165, 1.54) is 9.75 Å². The van der Waals surface area contributed by atoms with Crippen LogP contribution in [0.5, 0.6) is 0 Å². The summed E-state index contributed by atoms with van der Waals surface area (Å²) >= 11 is 13.5. The van der Waals surface area contributed by atoms with E-state index in [2.05, 4.69) is 34.3 Å². The van der Waals surface area contributed by atoms with Gasteiger partial charge in [-0.1, -0.05) is 17.7 Å². The number of aryl methyl sites for hydroxylation is 1. The summed E-state index contributed by atoms with van der Waals surface area (Å²) < 4.78 is 0. The fraction of sp³-hybridized carbons (Fsp3) is 0.158. The van der Waals surface area contributed by atoms with Crippen molar-refractivity contribution in [2.75, 3.05) is 4.90 Å². The molecule has 3 aromatic rings. The van der Waals surface area contributed by atoms with E-state index in [1.807, 2.05) is 48.7 Å². The van der Waals surface area contributed by atoms with Crippen LogP contribution in [0, 0.1) is 6.92 Å². The second-order valence-electron chi connectivity index (χ2n) is 5.92. The molecular weight excluding hydrogens is 370 g/mol. The Morgan fingerprint density at radius 2 is 1.92 bits per heavy atom. The molecule has 1 saturated heterocycles. The summed E-state index contributed by atoms with van der Waals surface area (Å²) in [6.07, 6.45) is 1.82. The third kappa shape index (κ3) is 3.15. The average molecular weight is 386 g/mol. The van der Waals surface area contributed by atoms with Crippen molar-refractivity contribution in [3.63, 3.8) is 0 Å². The predicted molar refractivity (Wildman–Crippen MR) is 108 cm³/mol. The molecule has 1 N–H and O–H groups in total. The van der Waals surface area contributed by atoms with Gasteiger partial charge in [-0.15, -0.1) is 11.3 Å². The molecule has 4 rings (SSSR count). The van der Waals surface area contributed by atoms with Gasteiger partial charge in [-0.3, -0.25) is 4.98 Å². The van der Waals surface area contributed by atoms with Crippen LogP contribution in [0.25, 0.3) is 0 Å².